The smallest absolute Gasteiger partial charge is 0.186 e. The van der Waals surface area contributed by atoms with Gasteiger partial charge in [0.2, 0.25) is 0 Å². The molecule has 0 aliphatic rings. The van der Waals surface area contributed by atoms with Gasteiger partial charge in [0.25, 0.3) is 0 Å². The summed E-state index contributed by atoms with van der Waals surface area (Å²) in [4.78, 5) is 9.89. The van der Waals surface area contributed by atoms with Crippen LogP contribution in [0, 0.1) is 6.92 Å². The Morgan fingerprint density at radius 2 is 2.10 bits per heavy atom. The number of hydrogen-bond acceptors (Lipinski definition) is 5. The Morgan fingerprint density at radius 3 is 2.65 bits per heavy atom. The average molecular weight is 310 g/mol. The molecule has 0 saturated carbocycles. The van der Waals surface area contributed by atoms with Gasteiger partial charge in [0, 0.05) is 21.8 Å². The molecule has 0 bridgehead atoms. The van der Waals surface area contributed by atoms with Crippen molar-refractivity contribution in [3.8, 4) is 0 Å². The first kappa shape index (κ1) is 15.5. The van der Waals surface area contributed by atoms with Crippen molar-refractivity contribution >= 4 is 27.8 Å². The summed E-state index contributed by atoms with van der Waals surface area (Å²) in [5.74, 6) is 0. The molecule has 20 heavy (non-hydrogen) atoms. The van der Waals surface area contributed by atoms with Crippen molar-refractivity contribution < 1.29 is 0 Å². The van der Waals surface area contributed by atoms with E-state index in [9.17, 15) is 0 Å². The maximum Gasteiger partial charge on any atom is 0.186 e. The van der Waals surface area contributed by atoms with Gasteiger partial charge in [0.15, 0.2) is 5.13 Å². The van der Waals surface area contributed by atoms with E-state index in [1.807, 2.05) is 29.7 Å². The van der Waals surface area contributed by atoms with Crippen LogP contribution in [0.4, 0.5) is 5.13 Å². The molecule has 0 aromatic carbocycles. The number of nitrogens with zero attached hydrogens (tertiary/aromatic N) is 2. The Bertz CT molecular complexity index is 531. The zero-order valence-corrected chi connectivity index (χ0v) is 14.4. The lowest BCUT2D eigenvalue weighted by molar-refractivity contribution is 0.658. The minimum Gasteiger partial charge on any atom is -0.341 e. The lowest BCUT2D eigenvalue weighted by atomic mass is 10.2. The molecule has 0 amide bonds. The first-order chi connectivity index (χ1) is 9.52. The summed E-state index contributed by atoms with van der Waals surface area (Å²) < 4.78 is 0. The molecule has 0 aliphatic heterocycles. The molecule has 0 radical (unpaired) electrons. The zero-order valence-electron chi connectivity index (χ0n) is 12.8. The van der Waals surface area contributed by atoms with Crippen LogP contribution in [0.25, 0.3) is 0 Å². The standard InChI is InChI=1S/C15H23N3S2/c1-10(2)18(9-13-7-6-8-19-13)15-17-12(4)14(20-15)11(3)16-5/h6-8,10-11,16H,9H2,1-5H3. The maximum absolute atomic E-state index is 4.79. The number of aryl methyl sites for hydroxylation is 1. The van der Waals surface area contributed by atoms with Crippen LogP contribution in [-0.2, 0) is 6.54 Å². The third-order valence-corrected chi connectivity index (χ3v) is 5.66. The van der Waals surface area contributed by atoms with Crippen molar-refractivity contribution in [2.45, 2.75) is 46.3 Å². The topological polar surface area (TPSA) is 28.2 Å². The van der Waals surface area contributed by atoms with E-state index >= 15 is 0 Å². The van der Waals surface area contributed by atoms with Crippen LogP contribution >= 0.6 is 22.7 Å². The SMILES string of the molecule is CNC(C)c1sc(N(Cc2cccs2)C(C)C)nc1C. The number of thiazole rings is 1. The summed E-state index contributed by atoms with van der Waals surface area (Å²) >= 11 is 3.62. The summed E-state index contributed by atoms with van der Waals surface area (Å²) in [5, 5.41) is 6.57. The molecular formula is C15H23N3S2. The van der Waals surface area contributed by atoms with Gasteiger partial charge in [-0.1, -0.05) is 17.4 Å². The van der Waals surface area contributed by atoms with Gasteiger partial charge in [-0.2, -0.15) is 0 Å². The molecule has 0 aliphatic carbocycles. The van der Waals surface area contributed by atoms with E-state index in [2.05, 4.69) is 55.4 Å². The Balaban J connectivity index is 2.26. The molecule has 3 nitrogen and oxygen atoms in total. The van der Waals surface area contributed by atoms with E-state index in [0.717, 1.165) is 17.4 Å². The van der Waals surface area contributed by atoms with Crippen LogP contribution in [0.15, 0.2) is 17.5 Å². The van der Waals surface area contributed by atoms with E-state index in [0.29, 0.717) is 12.1 Å². The van der Waals surface area contributed by atoms with Gasteiger partial charge in [-0.15, -0.1) is 11.3 Å². The highest BCUT2D eigenvalue weighted by atomic mass is 32.1. The number of hydrogen-bond donors (Lipinski definition) is 1. The molecule has 1 atom stereocenters. The predicted octanol–water partition coefficient (Wildman–Crippen LogP) is 4.21. The highest BCUT2D eigenvalue weighted by Crippen LogP contribution is 2.32. The third kappa shape index (κ3) is 3.40. The van der Waals surface area contributed by atoms with Crippen LogP contribution in [0.1, 0.15) is 42.3 Å². The van der Waals surface area contributed by atoms with Crippen LogP contribution in [0.2, 0.25) is 0 Å². The first-order valence-corrected chi connectivity index (χ1v) is 8.66. The fourth-order valence-corrected chi connectivity index (χ4v) is 4.05. The van der Waals surface area contributed by atoms with Crippen LogP contribution in [-0.4, -0.2) is 18.1 Å². The van der Waals surface area contributed by atoms with Crippen LogP contribution < -0.4 is 10.2 Å². The quantitative estimate of drug-likeness (QED) is 0.866. The van der Waals surface area contributed by atoms with Gasteiger partial charge in [-0.3, -0.25) is 0 Å². The number of thiophene rings is 1. The second-order valence-corrected chi connectivity index (χ2v) is 7.30. The molecule has 1 unspecified atom stereocenters. The molecular weight excluding hydrogens is 286 g/mol. The van der Waals surface area contributed by atoms with Crippen molar-refractivity contribution in [3.05, 3.63) is 33.0 Å². The first-order valence-electron chi connectivity index (χ1n) is 6.96. The van der Waals surface area contributed by atoms with Gasteiger partial charge in [0.1, 0.15) is 0 Å². The predicted molar refractivity (Wildman–Crippen MR) is 90.0 cm³/mol. The van der Waals surface area contributed by atoms with Crippen molar-refractivity contribution in [2.75, 3.05) is 11.9 Å². The minimum atomic E-state index is 0.358. The van der Waals surface area contributed by atoms with Crippen molar-refractivity contribution in [1.82, 2.24) is 10.3 Å². The van der Waals surface area contributed by atoms with E-state index in [1.54, 1.807) is 0 Å². The molecule has 0 spiro atoms. The molecule has 0 saturated heterocycles. The highest BCUT2D eigenvalue weighted by Gasteiger charge is 2.19. The lowest BCUT2D eigenvalue weighted by Crippen LogP contribution is -2.29. The second-order valence-electron chi connectivity index (χ2n) is 5.26. The second kappa shape index (κ2) is 6.70. The summed E-state index contributed by atoms with van der Waals surface area (Å²) in [6.45, 7) is 9.68. The van der Waals surface area contributed by atoms with Crippen LogP contribution in [0.5, 0.6) is 0 Å². The number of rotatable bonds is 6. The van der Waals surface area contributed by atoms with Gasteiger partial charge in [-0.25, -0.2) is 4.98 Å². The molecule has 2 aromatic heterocycles. The van der Waals surface area contributed by atoms with Crippen molar-refractivity contribution in [1.29, 1.82) is 0 Å². The molecule has 0 fully saturated rings. The number of nitrogens with one attached hydrogen (secondary N) is 1. The monoisotopic (exact) mass is 309 g/mol. The molecule has 1 N–H and O–H groups in total. The molecule has 110 valence electrons. The summed E-state index contributed by atoms with van der Waals surface area (Å²) in [6, 6.07) is 5.11. The highest BCUT2D eigenvalue weighted by molar-refractivity contribution is 7.15. The van der Waals surface area contributed by atoms with Gasteiger partial charge in [-0.05, 0) is 46.2 Å². The maximum atomic E-state index is 4.79. The lowest BCUT2D eigenvalue weighted by Gasteiger charge is -2.25. The van der Waals surface area contributed by atoms with Gasteiger partial charge >= 0.3 is 0 Å². The van der Waals surface area contributed by atoms with Gasteiger partial charge < -0.3 is 10.2 Å². The average Bonchev–Trinajstić information content (AvgIpc) is 3.04. The van der Waals surface area contributed by atoms with E-state index < -0.39 is 0 Å². The Kier molecular flexibility index (Phi) is 5.18. The van der Waals surface area contributed by atoms with E-state index in [-0.39, 0.29) is 0 Å². The molecule has 5 heteroatoms. The fraction of sp³-hybridized carbons (Fsp3) is 0.533. The van der Waals surface area contributed by atoms with E-state index in [4.69, 9.17) is 4.98 Å². The Morgan fingerprint density at radius 1 is 1.35 bits per heavy atom. The normalized spacial score (nSPS) is 12.9. The Hall–Kier alpha value is -0.910. The fourth-order valence-electron chi connectivity index (χ4n) is 2.09. The van der Waals surface area contributed by atoms with E-state index in [1.165, 1.54) is 9.75 Å². The molecule has 2 rings (SSSR count). The summed E-state index contributed by atoms with van der Waals surface area (Å²) in [6.07, 6.45) is 0. The third-order valence-electron chi connectivity index (χ3n) is 3.42. The Labute approximate surface area is 129 Å². The number of anilines is 1. The minimum absolute atomic E-state index is 0.358. The number of aromatic nitrogens is 1. The summed E-state index contributed by atoms with van der Waals surface area (Å²) in [5.41, 5.74) is 1.14. The largest absolute Gasteiger partial charge is 0.341 e. The van der Waals surface area contributed by atoms with Crippen molar-refractivity contribution in [2.24, 2.45) is 0 Å². The summed E-state index contributed by atoms with van der Waals surface area (Å²) in [7, 11) is 2.00. The van der Waals surface area contributed by atoms with Crippen LogP contribution in [0.3, 0.4) is 0 Å². The molecule has 2 heterocycles. The van der Waals surface area contributed by atoms with Gasteiger partial charge in [0.05, 0.1) is 12.2 Å². The zero-order chi connectivity index (χ0) is 14.7. The molecule has 2 aromatic rings. The van der Waals surface area contributed by atoms with Crippen molar-refractivity contribution in [3.63, 3.8) is 0 Å².